The summed E-state index contributed by atoms with van der Waals surface area (Å²) in [6, 6.07) is 2.88. The molecule has 1 unspecified atom stereocenters. The van der Waals surface area contributed by atoms with Crippen LogP contribution in [0.15, 0.2) is 34.6 Å². The highest BCUT2D eigenvalue weighted by molar-refractivity contribution is 6.40. The van der Waals surface area contributed by atoms with Crippen molar-refractivity contribution in [2.24, 2.45) is 5.10 Å². The average Bonchev–Trinajstić information content (AvgIpc) is 2.67. The lowest BCUT2D eigenvalue weighted by atomic mass is 9.84. The minimum atomic E-state index is -1.26. The number of nitrogens with one attached hydrogen (secondary N) is 1. The van der Waals surface area contributed by atoms with E-state index in [0.29, 0.717) is 0 Å². The highest BCUT2D eigenvalue weighted by Gasteiger charge is 2.39. The molecule has 0 saturated carbocycles. The van der Waals surface area contributed by atoms with Crippen LogP contribution >= 0.6 is 0 Å². The summed E-state index contributed by atoms with van der Waals surface area (Å²) >= 11 is 0. The first-order valence-electron chi connectivity index (χ1n) is 8.53. The molecule has 0 aliphatic carbocycles. The number of benzene rings is 1. The van der Waals surface area contributed by atoms with Gasteiger partial charge in [0.05, 0.1) is 40.6 Å². The molecule has 1 aliphatic heterocycles. The van der Waals surface area contributed by atoms with Crippen LogP contribution in [0.25, 0.3) is 0 Å². The first kappa shape index (κ1) is 21.5. The van der Waals surface area contributed by atoms with Gasteiger partial charge in [0.2, 0.25) is 0 Å². The molecule has 1 aromatic rings. The summed E-state index contributed by atoms with van der Waals surface area (Å²) in [6.07, 6.45) is 0. The number of nitro groups is 2. The van der Waals surface area contributed by atoms with Gasteiger partial charge in [0, 0.05) is 17.8 Å². The molecule has 1 heterocycles. The molecular formula is C17H18N4O8. The molecular weight excluding hydrogens is 388 g/mol. The Balaban J connectivity index is 2.74. The van der Waals surface area contributed by atoms with E-state index in [1.165, 1.54) is 6.92 Å². The summed E-state index contributed by atoms with van der Waals surface area (Å²) in [5, 5.41) is 26.4. The third kappa shape index (κ3) is 4.54. The van der Waals surface area contributed by atoms with Gasteiger partial charge in [-0.15, -0.1) is 0 Å². The maximum Gasteiger partial charge on any atom is 0.355 e. The molecule has 2 rings (SSSR count). The van der Waals surface area contributed by atoms with Crippen molar-refractivity contribution in [1.29, 1.82) is 0 Å². The van der Waals surface area contributed by atoms with E-state index in [0.717, 1.165) is 18.2 Å². The average molecular weight is 406 g/mol. The summed E-state index contributed by atoms with van der Waals surface area (Å²) in [5.74, 6) is -2.94. The van der Waals surface area contributed by atoms with E-state index in [4.69, 9.17) is 9.47 Å². The van der Waals surface area contributed by atoms with Gasteiger partial charge in [-0.1, -0.05) is 0 Å². The SMILES string of the molecule is CCOC(=O)C1=NNC(C)=C(C(=O)OCC)C1c1cc([N+](=O)[O-])cc([N+](=O)[O-])c1. The molecule has 0 amide bonds. The predicted molar refractivity (Wildman–Crippen MR) is 99.0 cm³/mol. The fraction of sp³-hybridized carbons (Fsp3) is 0.353. The summed E-state index contributed by atoms with van der Waals surface area (Å²) in [5.41, 5.74) is 1.24. The number of rotatable bonds is 7. The van der Waals surface area contributed by atoms with E-state index in [1.54, 1.807) is 13.8 Å². The van der Waals surface area contributed by atoms with Crippen molar-refractivity contribution in [3.05, 3.63) is 55.3 Å². The summed E-state index contributed by atoms with van der Waals surface area (Å²) in [4.78, 5) is 45.9. The third-order valence-electron chi connectivity index (χ3n) is 3.97. The van der Waals surface area contributed by atoms with Gasteiger partial charge >= 0.3 is 11.9 Å². The highest BCUT2D eigenvalue weighted by Crippen LogP contribution is 2.36. The number of nitrogens with zero attached hydrogens (tertiary/aromatic N) is 3. The summed E-state index contributed by atoms with van der Waals surface area (Å²) in [6.45, 7) is 4.68. The van der Waals surface area contributed by atoms with Crippen LogP contribution in [0.4, 0.5) is 11.4 Å². The first-order valence-corrected chi connectivity index (χ1v) is 8.53. The van der Waals surface area contributed by atoms with Crippen LogP contribution in [-0.4, -0.2) is 40.7 Å². The Morgan fingerprint density at radius 1 is 1.03 bits per heavy atom. The molecule has 154 valence electrons. The molecule has 0 radical (unpaired) electrons. The number of hydrogen-bond donors (Lipinski definition) is 1. The second kappa shape index (κ2) is 8.91. The Kier molecular flexibility index (Phi) is 6.59. The van der Waals surface area contributed by atoms with Gasteiger partial charge in [-0.25, -0.2) is 9.59 Å². The molecule has 1 aromatic carbocycles. The fourth-order valence-corrected chi connectivity index (χ4v) is 2.79. The van der Waals surface area contributed by atoms with Gasteiger partial charge in [-0.05, 0) is 26.3 Å². The highest BCUT2D eigenvalue weighted by atomic mass is 16.6. The van der Waals surface area contributed by atoms with Crippen LogP contribution in [0.1, 0.15) is 32.3 Å². The van der Waals surface area contributed by atoms with Crippen LogP contribution in [0.3, 0.4) is 0 Å². The lowest BCUT2D eigenvalue weighted by Crippen LogP contribution is -2.36. The molecule has 29 heavy (non-hydrogen) atoms. The number of hydrogen-bond acceptors (Lipinski definition) is 10. The lowest BCUT2D eigenvalue weighted by molar-refractivity contribution is -0.394. The Morgan fingerprint density at radius 3 is 2.03 bits per heavy atom. The van der Waals surface area contributed by atoms with Gasteiger partial charge in [0.1, 0.15) is 0 Å². The molecule has 12 heteroatoms. The number of nitro benzene ring substituents is 2. The summed E-state index contributed by atoms with van der Waals surface area (Å²) in [7, 11) is 0. The normalized spacial score (nSPS) is 15.8. The summed E-state index contributed by atoms with van der Waals surface area (Å²) < 4.78 is 9.99. The molecule has 0 aromatic heterocycles. The quantitative estimate of drug-likeness (QED) is 0.405. The molecule has 1 aliphatic rings. The molecule has 0 fully saturated rings. The maximum absolute atomic E-state index is 12.6. The largest absolute Gasteiger partial charge is 0.463 e. The second-order valence-electron chi connectivity index (χ2n) is 5.82. The van der Waals surface area contributed by atoms with Crippen LogP contribution < -0.4 is 5.43 Å². The zero-order valence-electron chi connectivity index (χ0n) is 15.8. The molecule has 1 atom stereocenters. The van der Waals surface area contributed by atoms with Gasteiger partial charge in [0.25, 0.3) is 11.4 Å². The zero-order chi connectivity index (χ0) is 21.7. The number of non-ortho nitro benzene ring substituents is 2. The number of hydrazone groups is 1. The minimum absolute atomic E-state index is 0.0110. The van der Waals surface area contributed by atoms with Crippen LogP contribution in [0, 0.1) is 20.2 Å². The van der Waals surface area contributed by atoms with Crippen molar-refractivity contribution in [2.45, 2.75) is 26.7 Å². The number of carbonyl (C=O) groups excluding carboxylic acids is 2. The van der Waals surface area contributed by atoms with Crippen molar-refractivity contribution in [3.63, 3.8) is 0 Å². The van der Waals surface area contributed by atoms with Gasteiger partial charge in [-0.3, -0.25) is 25.7 Å². The number of esters is 2. The maximum atomic E-state index is 12.6. The fourth-order valence-electron chi connectivity index (χ4n) is 2.79. The number of allylic oxidation sites excluding steroid dienone is 1. The van der Waals surface area contributed by atoms with Crippen molar-refractivity contribution in [1.82, 2.24) is 5.43 Å². The predicted octanol–water partition coefficient (Wildman–Crippen LogP) is 1.95. The Hall–Kier alpha value is -3.83. The van der Waals surface area contributed by atoms with E-state index in [9.17, 15) is 29.8 Å². The molecule has 12 nitrogen and oxygen atoms in total. The van der Waals surface area contributed by atoms with E-state index in [-0.39, 0.29) is 35.8 Å². The van der Waals surface area contributed by atoms with E-state index >= 15 is 0 Å². The topological polar surface area (TPSA) is 163 Å². The molecule has 0 bridgehead atoms. The second-order valence-corrected chi connectivity index (χ2v) is 5.82. The van der Waals surface area contributed by atoms with Gasteiger partial charge < -0.3 is 9.47 Å². The van der Waals surface area contributed by atoms with Crippen LogP contribution in [0.5, 0.6) is 0 Å². The lowest BCUT2D eigenvalue weighted by Gasteiger charge is -2.26. The number of carbonyl (C=O) groups is 2. The standard InChI is InChI=1S/C17H18N4O8/c1-4-28-16(22)13-9(3)18-19-15(17(23)29-5-2)14(13)10-6-11(20(24)25)8-12(7-10)21(26)27/h6-8,14,18H,4-5H2,1-3H3. The van der Waals surface area contributed by atoms with E-state index in [2.05, 4.69) is 10.5 Å². The third-order valence-corrected chi connectivity index (χ3v) is 3.97. The van der Waals surface area contributed by atoms with Crippen LogP contribution in [0.2, 0.25) is 0 Å². The van der Waals surface area contributed by atoms with Gasteiger partial charge in [0.15, 0.2) is 5.71 Å². The molecule has 0 spiro atoms. The molecule has 1 N–H and O–H groups in total. The Labute approximate surface area is 164 Å². The monoisotopic (exact) mass is 406 g/mol. The van der Waals surface area contributed by atoms with Crippen molar-refractivity contribution in [3.8, 4) is 0 Å². The number of ether oxygens (including phenoxy) is 2. The van der Waals surface area contributed by atoms with Crippen molar-refractivity contribution in [2.75, 3.05) is 13.2 Å². The zero-order valence-corrected chi connectivity index (χ0v) is 15.8. The first-order chi connectivity index (χ1) is 13.7. The van der Waals surface area contributed by atoms with Gasteiger partial charge in [-0.2, -0.15) is 5.10 Å². The Bertz CT molecular complexity index is 905. The molecule has 0 saturated heterocycles. The Morgan fingerprint density at radius 2 is 1.55 bits per heavy atom. The van der Waals surface area contributed by atoms with E-state index < -0.39 is 39.1 Å². The van der Waals surface area contributed by atoms with E-state index in [1.807, 2.05) is 0 Å². The minimum Gasteiger partial charge on any atom is -0.463 e. The van der Waals surface area contributed by atoms with Crippen molar-refractivity contribution >= 4 is 29.0 Å². The smallest absolute Gasteiger partial charge is 0.355 e. The van der Waals surface area contributed by atoms with Crippen molar-refractivity contribution < 1.29 is 28.9 Å². The van der Waals surface area contributed by atoms with Crippen LogP contribution in [-0.2, 0) is 19.1 Å².